The summed E-state index contributed by atoms with van der Waals surface area (Å²) < 4.78 is 5.47. The van der Waals surface area contributed by atoms with Crippen molar-refractivity contribution < 1.29 is 14.3 Å². The monoisotopic (exact) mass is 408 g/mol. The van der Waals surface area contributed by atoms with E-state index in [0.29, 0.717) is 16.3 Å². The zero-order valence-electron chi connectivity index (χ0n) is 16.2. The molecule has 6 heteroatoms. The summed E-state index contributed by atoms with van der Waals surface area (Å²) >= 11 is 6.12. The minimum absolute atomic E-state index is 0.228. The fourth-order valence-corrected chi connectivity index (χ4v) is 2.93. The number of hydrazine groups is 1. The number of hydrogen-bond donors (Lipinski definition) is 2. The number of ether oxygens (including phenoxy) is 1. The molecule has 0 aliphatic heterocycles. The zero-order valence-corrected chi connectivity index (χ0v) is 16.9. The number of amides is 2. The number of nitrogens with one attached hydrogen (secondary N) is 2. The van der Waals surface area contributed by atoms with Gasteiger partial charge in [0, 0.05) is 10.6 Å². The van der Waals surface area contributed by atoms with E-state index < -0.39 is 11.8 Å². The number of benzene rings is 3. The molecule has 0 aliphatic rings. The molecule has 0 heterocycles. The van der Waals surface area contributed by atoms with E-state index in [1.54, 1.807) is 24.3 Å². The van der Waals surface area contributed by atoms with Crippen LogP contribution in [0.4, 0.5) is 0 Å². The first-order valence-electron chi connectivity index (χ1n) is 9.08. The highest BCUT2D eigenvalue weighted by atomic mass is 35.5. The second kappa shape index (κ2) is 9.26. The summed E-state index contributed by atoms with van der Waals surface area (Å²) in [6.07, 6.45) is 0. The van der Waals surface area contributed by atoms with Crippen LogP contribution in [0.2, 0.25) is 5.02 Å². The molecule has 5 nitrogen and oxygen atoms in total. The summed E-state index contributed by atoms with van der Waals surface area (Å²) in [5.41, 5.74) is 8.99. The van der Waals surface area contributed by atoms with Gasteiger partial charge in [-0.25, -0.2) is 0 Å². The van der Waals surface area contributed by atoms with Gasteiger partial charge in [0.25, 0.3) is 11.8 Å². The summed E-state index contributed by atoms with van der Waals surface area (Å²) in [7, 11) is 0. The van der Waals surface area contributed by atoms with Gasteiger partial charge in [0.1, 0.15) is 5.75 Å². The summed E-state index contributed by atoms with van der Waals surface area (Å²) in [5.74, 6) is -0.331. The van der Waals surface area contributed by atoms with Gasteiger partial charge in [-0.2, -0.15) is 0 Å². The van der Waals surface area contributed by atoms with E-state index in [2.05, 4.69) is 10.9 Å². The Kier molecular flexibility index (Phi) is 6.52. The first kappa shape index (κ1) is 20.4. The van der Waals surface area contributed by atoms with Crippen LogP contribution < -0.4 is 15.6 Å². The Morgan fingerprint density at radius 1 is 0.862 bits per heavy atom. The molecule has 0 radical (unpaired) electrons. The van der Waals surface area contributed by atoms with Gasteiger partial charge in [-0.1, -0.05) is 54.1 Å². The first-order chi connectivity index (χ1) is 13.9. The van der Waals surface area contributed by atoms with E-state index in [4.69, 9.17) is 16.3 Å². The first-order valence-corrected chi connectivity index (χ1v) is 9.46. The quantitative estimate of drug-likeness (QED) is 0.612. The van der Waals surface area contributed by atoms with Crippen LogP contribution in [-0.2, 0) is 4.79 Å². The molecule has 2 amide bonds. The van der Waals surface area contributed by atoms with Crippen molar-refractivity contribution >= 4 is 23.4 Å². The van der Waals surface area contributed by atoms with Gasteiger partial charge in [-0.05, 0) is 60.4 Å². The highest BCUT2D eigenvalue weighted by Gasteiger charge is 2.09. The highest BCUT2D eigenvalue weighted by Crippen LogP contribution is 2.25. The molecule has 2 N–H and O–H groups in total. The Bertz CT molecular complexity index is 995. The maximum absolute atomic E-state index is 12.2. The molecule has 0 saturated heterocycles. The van der Waals surface area contributed by atoms with Gasteiger partial charge in [-0.3, -0.25) is 20.4 Å². The molecule has 0 fully saturated rings. The van der Waals surface area contributed by atoms with Crippen molar-refractivity contribution in [1.29, 1.82) is 0 Å². The average molecular weight is 409 g/mol. The molecule has 0 aliphatic carbocycles. The van der Waals surface area contributed by atoms with Crippen LogP contribution in [-0.4, -0.2) is 18.4 Å². The van der Waals surface area contributed by atoms with Crippen molar-refractivity contribution in [3.05, 3.63) is 88.4 Å². The van der Waals surface area contributed by atoms with E-state index in [-0.39, 0.29) is 6.61 Å². The summed E-state index contributed by atoms with van der Waals surface area (Å²) in [6, 6.07) is 20.5. The third kappa shape index (κ3) is 5.36. The van der Waals surface area contributed by atoms with E-state index in [0.717, 1.165) is 22.3 Å². The van der Waals surface area contributed by atoms with Crippen molar-refractivity contribution in [1.82, 2.24) is 10.9 Å². The van der Waals surface area contributed by atoms with Gasteiger partial charge in [0.05, 0.1) is 0 Å². The van der Waals surface area contributed by atoms with Gasteiger partial charge < -0.3 is 4.74 Å². The maximum atomic E-state index is 12.2. The van der Waals surface area contributed by atoms with Crippen LogP contribution >= 0.6 is 11.6 Å². The predicted molar refractivity (Wildman–Crippen MR) is 114 cm³/mol. The molecule has 0 atom stereocenters. The molecule has 0 unspecified atom stereocenters. The number of carbonyl (C=O) groups is 2. The van der Waals surface area contributed by atoms with Crippen LogP contribution in [0.5, 0.6) is 5.75 Å². The fraction of sp³-hybridized carbons (Fsp3) is 0.130. The summed E-state index contributed by atoms with van der Waals surface area (Å²) in [5, 5.41) is 0.673. The number of halogens is 1. The number of rotatable bonds is 5. The van der Waals surface area contributed by atoms with E-state index in [9.17, 15) is 9.59 Å². The van der Waals surface area contributed by atoms with E-state index >= 15 is 0 Å². The molecular formula is C23H21ClN2O3. The van der Waals surface area contributed by atoms with Crippen LogP contribution in [0.15, 0.2) is 66.7 Å². The lowest BCUT2D eigenvalue weighted by atomic mass is 10.0. The third-order valence-corrected chi connectivity index (χ3v) is 4.95. The minimum atomic E-state index is -0.468. The van der Waals surface area contributed by atoms with Gasteiger partial charge in [-0.15, -0.1) is 0 Å². The standard InChI is InChI=1S/C23H21ClN2O3/c1-15-12-20(13-16(2)22(15)24)29-14-21(27)25-26-23(28)19-10-8-18(9-11-19)17-6-4-3-5-7-17/h3-13H,14H2,1-2H3,(H,25,27)(H,26,28). The second-order valence-electron chi connectivity index (χ2n) is 6.61. The zero-order chi connectivity index (χ0) is 20.8. The van der Waals surface area contributed by atoms with E-state index in [1.807, 2.05) is 56.3 Å². The Morgan fingerprint density at radius 3 is 2.07 bits per heavy atom. The molecule has 3 rings (SSSR count). The predicted octanol–water partition coefficient (Wildman–Crippen LogP) is 4.46. The Hall–Kier alpha value is -3.31. The number of hydrogen-bond acceptors (Lipinski definition) is 3. The smallest absolute Gasteiger partial charge is 0.276 e. The van der Waals surface area contributed by atoms with Crippen LogP contribution in [0, 0.1) is 13.8 Å². The molecule has 3 aromatic rings. The molecule has 29 heavy (non-hydrogen) atoms. The highest BCUT2D eigenvalue weighted by molar-refractivity contribution is 6.32. The lowest BCUT2D eigenvalue weighted by Gasteiger charge is -2.11. The topological polar surface area (TPSA) is 67.4 Å². The SMILES string of the molecule is Cc1cc(OCC(=O)NNC(=O)c2ccc(-c3ccccc3)cc2)cc(C)c1Cl. The number of carbonyl (C=O) groups excluding carboxylic acids is 2. The van der Waals surface area contributed by atoms with Crippen molar-refractivity contribution in [3.63, 3.8) is 0 Å². The normalized spacial score (nSPS) is 10.3. The fourth-order valence-electron chi connectivity index (χ4n) is 2.82. The third-order valence-electron chi connectivity index (χ3n) is 4.35. The van der Waals surface area contributed by atoms with Crippen molar-refractivity contribution in [2.45, 2.75) is 13.8 Å². The summed E-state index contributed by atoms with van der Waals surface area (Å²) in [6.45, 7) is 3.50. The number of aryl methyl sites for hydroxylation is 2. The van der Waals surface area contributed by atoms with E-state index in [1.165, 1.54) is 0 Å². The summed E-state index contributed by atoms with van der Waals surface area (Å²) in [4.78, 5) is 24.2. The van der Waals surface area contributed by atoms with Gasteiger partial charge >= 0.3 is 0 Å². The molecule has 0 bridgehead atoms. The van der Waals surface area contributed by atoms with Crippen molar-refractivity contribution in [3.8, 4) is 16.9 Å². The average Bonchev–Trinajstić information content (AvgIpc) is 2.75. The van der Waals surface area contributed by atoms with Crippen LogP contribution in [0.25, 0.3) is 11.1 Å². The Morgan fingerprint density at radius 2 is 1.45 bits per heavy atom. The minimum Gasteiger partial charge on any atom is -0.484 e. The largest absolute Gasteiger partial charge is 0.484 e. The van der Waals surface area contributed by atoms with Gasteiger partial charge in [0.2, 0.25) is 0 Å². The Labute approximate surface area is 174 Å². The molecule has 148 valence electrons. The lowest BCUT2D eigenvalue weighted by molar-refractivity contribution is -0.123. The van der Waals surface area contributed by atoms with Gasteiger partial charge in [0.15, 0.2) is 6.61 Å². The van der Waals surface area contributed by atoms with Crippen LogP contribution in [0.1, 0.15) is 21.5 Å². The lowest BCUT2D eigenvalue weighted by Crippen LogP contribution is -2.43. The molecule has 0 aromatic heterocycles. The molecular weight excluding hydrogens is 388 g/mol. The molecule has 3 aromatic carbocycles. The molecule has 0 saturated carbocycles. The van der Waals surface area contributed by atoms with Crippen molar-refractivity contribution in [2.75, 3.05) is 6.61 Å². The van der Waals surface area contributed by atoms with Crippen molar-refractivity contribution in [2.24, 2.45) is 0 Å². The Balaban J connectivity index is 1.50. The second-order valence-corrected chi connectivity index (χ2v) is 6.98. The van der Waals surface area contributed by atoms with Crippen LogP contribution in [0.3, 0.4) is 0 Å². The molecule has 0 spiro atoms. The maximum Gasteiger partial charge on any atom is 0.276 e.